The molecule has 0 saturated carbocycles. The molecular weight excluding hydrogens is 332 g/mol. The molecule has 25 heavy (non-hydrogen) atoms. The molecule has 5 heteroatoms. The lowest BCUT2D eigenvalue weighted by molar-refractivity contribution is 0.0660. The van der Waals surface area contributed by atoms with Crippen LogP contribution in [-0.4, -0.2) is 41.8 Å². The van der Waals surface area contributed by atoms with Crippen LogP contribution in [0.2, 0.25) is 6.04 Å². The lowest BCUT2D eigenvalue weighted by atomic mass is 10.2. The molecule has 0 bridgehead atoms. The van der Waals surface area contributed by atoms with Gasteiger partial charge in [-0.05, 0) is 39.2 Å². The Morgan fingerprint density at radius 2 is 1.44 bits per heavy atom. The fourth-order valence-electron chi connectivity index (χ4n) is 2.23. The monoisotopic (exact) mass is 368 g/mol. The van der Waals surface area contributed by atoms with E-state index >= 15 is 0 Å². The van der Waals surface area contributed by atoms with Crippen LogP contribution >= 0.6 is 0 Å². The maximum absolute atomic E-state index is 5.76. The second-order valence-electron chi connectivity index (χ2n) is 5.31. The Balaban J connectivity index is 0.000000593. The average molecular weight is 369 g/mol. The molecule has 1 aromatic rings. The quantitative estimate of drug-likeness (QED) is 0.355. The van der Waals surface area contributed by atoms with E-state index in [1.807, 2.05) is 57.2 Å². The highest BCUT2D eigenvalue weighted by Crippen LogP contribution is 2.18. The number of ether oxygens (including phenoxy) is 1. The summed E-state index contributed by atoms with van der Waals surface area (Å²) < 4.78 is 22.7. The third kappa shape index (κ3) is 12.1. The zero-order valence-corrected chi connectivity index (χ0v) is 17.5. The summed E-state index contributed by atoms with van der Waals surface area (Å²) >= 11 is 0. The molecule has 0 aromatic heterocycles. The van der Waals surface area contributed by atoms with E-state index in [1.54, 1.807) is 0 Å². The summed E-state index contributed by atoms with van der Waals surface area (Å²) in [5, 5.41) is 0. The van der Waals surface area contributed by atoms with Crippen LogP contribution in [0.4, 0.5) is 0 Å². The van der Waals surface area contributed by atoms with E-state index < -0.39 is 8.80 Å². The molecule has 0 aliphatic carbocycles. The van der Waals surface area contributed by atoms with Gasteiger partial charge in [0.15, 0.2) is 0 Å². The van der Waals surface area contributed by atoms with Crippen molar-refractivity contribution in [1.29, 1.82) is 0 Å². The van der Waals surface area contributed by atoms with Gasteiger partial charge in [-0.3, -0.25) is 0 Å². The third-order valence-electron chi connectivity index (χ3n) is 3.25. The second kappa shape index (κ2) is 16.5. The van der Waals surface area contributed by atoms with E-state index in [4.69, 9.17) is 18.0 Å². The summed E-state index contributed by atoms with van der Waals surface area (Å²) in [5.74, 6) is 0. The fourth-order valence-corrected chi connectivity index (χ4v) is 4.81. The number of hydrogen-bond acceptors (Lipinski definition) is 4. The zero-order chi connectivity index (χ0) is 18.8. The highest BCUT2D eigenvalue weighted by atomic mass is 28.4. The molecule has 0 fully saturated rings. The van der Waals surface area contributed by atoms with Crippen LogP contribution in [-0.2, 0) is 18.0 Å². The fraction of sp³-hybridized carbons (Fsp3) is 0.600. The highest BCUT2D eigenvalue weighted by Gasteiger charge is 2.39. The van der Waals surface area contributed by atoms with E-state index in [0.29, 0.717) is 19.8 Å². The SMILES string of the molecule is C=Cc1ccccc1.CCCOCCC[Si](OCC)(OCC)OCC. The Kier molecular flexibility index (Phi) is 15.8. The summed E-state index contributed by atoms with van der Waals surface area (Å²) in [6.45, 7) is 15.2. The van der Waals surface area contributed by atoms with Crippen molar-refractivity contribution < 1.29 is 18.0 Å². The minimum atomic E-state index is -2.44. The first kappa shape index (κ1) is 24.0. The van der Waals surface area contributed by atoms with Crippen LogP contribution in [0.5, 0.6) is 0 Å². The van der Waals surface area contributed by atoms with Crippen LogP contribution in [0.15, 0.2) is 36.9 Å². The molecule has 144 valence electrons. The molecule has 1 aromatic carbocycles. The maximum Gasteiger partial charge on any atom is 0.501 e. The largest absolute Gasteiger partial charge is 0.501 e. The molecule has 0 unspecified atom stereocenters. The maximum atomic E-state index is 5.76. The van der Waals surface area contributed by atoms with Crippen LogP contribution in [0.25, 0.3) is 6.08 Å². The molecule has 0 saturated heterocycles. The van der Waals surface area contributed by atoms with Crippen molar-refractivity contribution in [2.75, 3.05) is 33.0 Å². The summed E-state index contributed by atoms with van der Waals surface area (Å²) in [6.07, 6.45) is 3.83. The number of hydrogen-bond donors (Lipinski definition) is 0. The van der Waals surface area contributed by atoms with Crippen LogP contribution < -0.4 is 0 Å². The Bertz CT molecular complexity index is 394. The van der Waals surface area contributed by atoms with Crippen LogP contribution in [0, 0.1) is 0 Å². The predicted octanol–water partition coefficient (Wildman–Crippen LogP) is 5.18. The Morgan fingerprint density at radius 1 is 0.880 bits per heavy atom. The molecule has 0 atom stereocenters. The van der Waals surface area contributed by atoms with Gasteiger partial charge in [0, 0.05) is 39.1 Å². The Labute approximate surface area is 155 Å². The van der Waals surface area contributed by atoms with Crippen LogP contribution in [0.3, 0.4) is 0 Å². The van der Waals surface area contributed by atoms with Gasteiger partial charge in [0.05, 0.1) is 0 Å². The lowest BCUT2D eigenvalue weighted by Gasteiger charge is -2.28. The molecule has 1 rings (SSSR count). The zero-order valence-electron chi connectivity index (χ0n) is 16.5. The molecule has 0 amide bonds. The van der Waals surface area contributed by atoms with Gasteiger partial charge in [-0.25, -0.2) is 0 Å². The van der Waals surface area contributed by atoms with Crippen molar-refractivity contribution >= 4 is 14.9 Å². The van der Waals surface area contributed by atoms with Crippen molar-refractivity contribution in [3.05, 3.63) is 42.5 Å². The summed E-state index contributed by atoms with van der Waals surface area (Å²) in [6, 6.07) is 10.9. The first-order valence-electron chi connectivity index (χ1n) is 9.35. The average Bonchev–Trinajstić information content (AvgIpc) is 2.63. The second-order valence-corrected chi connectivity index (χ2v) is 8.04. The van der Waals surface area contributed by atoms with E-state index in [0.717, 1.165) is 32.1 Å². The van der Waals surface area contributed by atoms with E-state index in [-0.39, 0.29) is 0 Å². The van der Waals surface area contributed by atoms with Gasteiger partial charge in [0.25, 0.3) is 0 Å². The van der Waals surface area contributed by atoms with E-state index in [1.165, 1.54) is 5.56 Å². The Hall–Kier alpha value is -0.983. The van der Waals surface area contributed by atoms with Gasteiger partial charge >= 0.3 is 8.80 Å². The van der Waals surface area contributed by atoms with Crippen molar-refractivity contribution in [3.63, 3.8) is 0 Å². The van der Waals surface area contributed by atoms with Crippen LogP contribution in [0.1, 0.15) is 46.1 Å². The van der Waals surface area contributed by atoms with Crippen molar-refractivity contribution in [2.45, 2.75) is 46.6 Å². The summed E-state index contributed by atoms with van der Waals surface area (Å²) in [7, 11) is -2.44. The van der Waals surface area contributed by atoms with E-state index in [2.05, 4.69) is 13.5 Å². The molecule has 0 aliphatic heterocycles. The van der Waals surface area contributed by atoms with Gasteiger partial charge in [0.1, 0.15) is 0 Å². The molecular formula is C20H36O4Si. The number of rotatable bonds is 13. The minimum Gasteiger partial charge on any atom is -0.381 e. The van der Waals surface area contributed by atoms with Gasteiger partial charge in [-0.1, -0.05) is 49.9 Å². The summed E-state index contributed by atoms with van der Waals surface area (Å²) in [5.41, 5.74) is 1.17. The molecule has 0 N–H and O–H groups in total. The first-order valence-corrected chi connectivity index (χ1v) is 11.3. The normalized spacial score (nSPS) is 10.9. The minimum absolute atomic E-state index is 0.641. The van der Waals surface area contributed by atoms with Crippen molar-refractivity contribution in [3.8, 4) is 0 Å². The Morgan fingerprint density at radius 3 is 1.84 bits per heavy atom. The van der Waals surface area contributed by atoms with Gasteiger partial charge in [0.2, 0.25) is 0 Å². The molecule has 0 heterocycles. The molecule has 4 nitrogen and oxygen atoms in total. The lowest BCUT2D eigenvalue weighted by Crippen LogP contribution is -2.46. The van der Waals surface area contributed by atoms with Gasteiger partial charge < -0.3 is 18.0 Å². The standard InChI is InChI=1S/C12H28O4Si.C8H8/c1-5-10-13-11-9-12-17(14-6-2,15-7-3)16-8-4;1-2-8-6-4-3-5-7-8/h5-12H2,1-4H3;2-7H,1H2. The van der Waals surface area contributed by atoms with Crippen molar-refractivity contribution in [2.24, 2.45) is 0 Å². The topological polar surface area (TPSA) is 36.9 Å². The molecule has 0 spiro atoms. The molecule has 0 radical (unpaired) electrons. The molecule has 0 aliphatic rings. The number of benzene rings is 1. The first-order chi connectivity index (χ1) is 12.2. The highest BCUT2D eigenvalue weighted by molar-refractivity contribution is 6.60. The predicted molar refractivity (Wildman–Crippen MR) is 108 cm³/mol. The third-order valence-corrected chi connectivity index (χ3v) is 6.40. The van der Waals surface area contributed by atoms with Gasteiger partial charge in [-0.15, -0.1) is 0 Å². The van der Waals surface area contributed by atoms with Gasteiger partial charge in [-0.2, -0.15) is 0 Å². The summed E-state index contributed by atoms with van der Waals surface area (Å²) in [4.78, 5) is 0. The van der Waals surface area contributed by atoms with E-state index in [9.17, 15) is 0 Å². The smallest absolute Gasteiger partial charge is 0.381 e. The van der Waals surface area contributed by atoms with Crippen molar-refractivity contribution in [1.82, 2.24) is 0 Å².